The summed E-state index contributed by atoms with van der Waals surface area (Å²) in [5.74, 6) is 0.340. The Morgan fingerprint density at radius 2 is 2.07 bits per heavy atom. The Balaban J connectivity index is 1.29. The molecule has 0 bridgehead atoms. The van der Waals surface area contributed by atoms with Gasteiger partial charge in [-0.1, -0.05) is 35.5 Å². The summed E-state index contributed by atoms with van der Waals surface area (Å²) in [4.78, 5) is 16.6. The number of nitrogens with zero attached hydrogens (tertiary/aromatic N) is 4. The van der Waals surface area contributed by atoms with Gasteiger partial charge in [-0.3, -0.25) is 4.79 Å². The lowest BCUT2D eigenvalue weighted by molar-refractivity contribution is 0.0944. The van der Waals surface area contributed by atoms with Gasteiger partial charge in [0, 0.05) is 36.6 Å². The summed E-state index contributed by atoms with van der Waals surface area (Å²) in [5.41, 5.74) is 4.02. The standard InChI is InChI=1S/C20H19N5O2/c1-14-10-19-22-12-15(13-25(19)23-14)6-5-9-21-20(26)17-11-18(27-24-17)16-7-3-2-4-8-16/h2-4,7-8,10-13H,5-6,9H2,1H3,(H,21,26). The highest BCUT2D eigenvalue weighted by atomic mass is 16.5. The van der Waals surface area contributed by atoms with E-state index >= 15 is 0 Å². The van der Waals surface area contributed by atoms with Gasteiger partial charge in [-0.25, -0.2) is 9.50 Å². The predicted molar refractivity (Wildman–Crippen MR) is 100 cm³/mol. The van der Waals surface area contributed by atoms with Crippen molar-refractivity contribution in [3.63, 3.8) is 0 Å². The first-order valence-electron chi connectivity index (χ1n) is 8.80. The highest BCUT2D eigenvalue weighted by Crippen LogP contribution is 2.19. The van der Waals surface area contributed by atoms with Crippen LogP contribution in [0, 0.1) is 6.92 Å². The quantitative estimate of drug-likeness (QED) is 0.534. The molecule has 0 fully saturated rings. The van der Waals surface area contributed by atoms with E-state index in [2.05, 4.69) is 20.6 Å². The maximum Gasteiger partial charge on any atom is 0.273 e. The van der Waals surface area contributed by atoms with E-state index in [1.807, 2.05) is 55.7 Å². The fourth-order valence-corrected chi connectivity index (χ4v) is 2.87. The van der Waals surface area contributed by atoms with Crippen LogP contribution < -0.4 is 5.32 Å². The Labute approximate surface area is 156 Å². The van der Waals surface area contributed by atoms with E-state index in [-0.39, 0.29) is 11.6 Å². The molecule has 0 atom stereocenters. The van der Waals surface area contributed by atoms with Gasteiger partial charge in [0.25, 0.3) is 5.91 Å². The number of aryl methyl sites for hydroxylation is 2. The van der Waals surface area contributed by atoms with Crippen LogP contribution in [0.5, 0.6) is 0 Å². The molecular formula is C20H19N5O2. The minimum atomic E-state index is -0.239. The van der Waals surface area contributed by atoms with Crippen LogP contribution in [-0.2, 0) is 6.42 Å². The molecule has 0 unspecified atom stereocenters. The average Bonchev–Trinajstić information content (AvgIpc) is 3.31. The number of benzene rings is 1. The van der Waals surface area contributed by atoms with Crippen molar-refractivity contribution in [2.45, 2.75) is 19.8 Å². The Morgan fingerprint density at radius 1 is 1.22 bits per heavy atom. The molecule has 0 aliphatic heterocycles. The fraction of sp³-hybridized carbons (Fsp3) is 0.200. The summed E-state index contributed by atoms with van der Waals surface area (Å²) < 4.78 is 7.04. The van der Waals surface area contributed by atoms with Crippen molar-refractivity contribution in [3.8, 4) is 11.3 Å². The van der Waals surface area contributed by atoms with E-state index in [4.69, 9.17) is 4.52 Å². The third-order valence-electron chi connectivity index (χ3n) is 4.22. The molecule has 0 saturated carbocycles. The van der Waals surface area contributed by atoms with E-state index in [1.165, 1.54) is 0 Å². The number of hydrogen-bond acceptors (Lipinski definition) is 5. The number of hydrogen-bond donors (Lipinski definition) is 1. The summed E-state index contributed by atoms with van der Waals surface area (Å²) in [7, 11) is 0. The van der Waals surface area contributed by atoms with Gasteiger partial charge in [0.05, 0.1) is 5.69 Å². The van der Waals surface area contributed by atoms with Crippen molar-refractivity contribution in [2.24, 2.45) is 0 Å². The van der Waals surface area contributed by atoms with Crippen LogP contribution in [-0.4, -0.2) is 32.2 Å². The van der Waals surface area contributed by atoms with Gasteiger partial charge in [-0.05, 0) is 25.3 Å². The number of carbonyl (C=O) groups is 1. The number of aromatic nitrogens is 4. The Bertz CT molecular complexity index is 1070. The van der Waals surface area contributed by atoms with Crippen LogP contribution in [0.2, 0.25) is 0 Å². The minimum Gasteiger partial charge on any atom is -0.355 e. The van der Waals surface area contributed by atoms with Crippen LogP contribution in [0.1, 0.15) is 28.2 Å². The van der Waals surface area contributed by atoms with Crippen molar-refractivity contribution < 1.29 is 9.32 Å². The third kappa shape index (κ3) is 3.87. The zero-order valence-corrected chi connectivity index (χ0v) is 14.9. The Kier molecular flexibility index (Phi) is 4.65. The summed E-state index contributed by atoms with van der Waals surface area (Å²) in [6.07, 6.45) is 5.42. The largest absolute Gasteiger partial charge is 0.355 e. The van der Waals surface area contributed by atoms with Crippen molar-refractivity contribution in [1.29, 1.82) is 0 Å². The summed E-state index contributed by atoms with van der Waals surface area (Å²) in [6.45, 7) is 2.49. The summed E-state index contributed by atoms with van der Waals surface area (Å²) in [5, 5.41) is 11.1. The number of nitrogens with one attached hydrogen (secondary N) is 1. The highest BCUT2D eigenvalue weighted by molar-refractivity contribution is 5.93. The molecule has 0 aliphatic carbocycles. The molecule has 4 aromatic rings. The molecule has 1 aromatic carbocycles. The SMILES string of the molecule is Cc1cc2ncc(CCCNC(=O)c3cc(-c4ccccc4)on3)cn2n1. The van der Waals surface area contributed by atoms with Crippen LogP contribution >= 0.6 is 0 Å². The molecule has 0 spiro atoms. The molecule has 7 heteroatoms. The van der Waals surface area contributed by atoms with Gasteiger partial charge >= 0.3 is 0 Å². The normalized spacial score (nSPS) is 11.0. The van der Waals surface area contributed by atoms with Crippen LogP contribution in [0.15, 0.2) is 59.4 Å². The number of amides is 1. The van der Waals surface area contributed by atoms with Gasteiger partial charge < -0.3 is 9.84 Å². The van der Waals surface area contributed by atoms with Gasteiger partial charge in [0.1, 0.15) is 0 Å². The van der Waals surface area contributed by atoms with E-state index < -0.39 is 0 Å². The van der Waals surface area contributed by atoms with Gasteiger partial charge in [-0.15, -0.1) is 0 Å². The molecule has 136 valence electrons. The molecule has 4 rings (SSSR count). The second-order valence-electron chi connectivity index (χ2n) is 6.35. The molecule has 3 heterocycles. The van der Waals surface area contributed by atoms with E-state index in [9.17, 15) is 4.79 Å². The molecule has 27 heavy (non-hydrogen) atoms. The lowest BCUT2D eigenvalue weighted by atomic mass is 10.1. The minimum absolute atomic E-state index is 0.239. The van der Waals surface area contributed by atoms with Crippen LogP contribution in [0.25, 0.3) is 17.0 Å². The van der Waals surface area contributed by atoms with Crippen LogP contribution in [0.4, 0.5) is 0 Å². The molecule has 0 aliphatic rings. The molecule has 1 amide bonds. The lowest BCUT2D eigenvalue weighted by Gasteiger charge is -2.03. The molecule has 7 nitrogen and oxygen atoms in total. The first-order valence-corrected chi connectivity index (χ1v) is 8.80. The average molecular weight is 361 g/mol. The monoisotopic (exact) mass is 361 g/mol. The second kappa shape index (κ2) is 7.41. The molecule has 1 N–H and O–H groups in total. The third-order valence-corrected chi connectivity index (χ3v) is 4.22. The first-order chi connectivity index (χ1) is 13.2. The number of rotatable bonds is 6. The highest BCUT2D eigenvalue weighted by Gasteiger charge is 2.13. The summed E-state index contributed by atoms with van der Waals surface area (Å²) >= 11 is 0. The Hall–Kier alpha value is -3.48. The molecule has 0 radical (unpaired) electrons. The van der Waals surface area contributed by atoms with Crippen molar-refractivity contribution in [2.75, 3.05) is 6.54 Å². The second-order valence-corrected chi connectivity index (χ2v) is 6.35. The topological polar surface area (TPSA) is 85.3 Å². The maximum absolute atomic E-state index is 12.2. The lowest BCUT2D eigenvalue weighted by Crippen LogP contribution is -2.25. The van der Waals surface area contributed by atoms with Gasteiger partial charge in [0.2, 0.25) is 0 Å². The van der Waals surface area contributed by atoms with E-state index in [0.29, 0.717) is 12.3 Å². The zero-order valence-electron chi connectivity index (χ0n) is 14.9. The maximum atomic E-state index is 12.2. The van der Waals surface area contributed by atoms with Crippen molar-refractivity contribution in [3.05, 3.63) is 71.8 Å². The molecule has 3 aromatic heterocycles. The summed E-state index contributed by atoms with van der Waals surface area (Å²) in [6, 6.07) is 13.2. The van der Waals surface area contributed by atoms with Gasteiger partial charge in [0.15, 0.2) is 17.1 Å². The fourth-order valence-electron chi connectivity index (χ4n) is 2.87. The van der Waals surface area contributed by atoms with Crippen molar-refractivity contribution >= 4 is 11.6 Å². The van der Waals surface area contributed by atoms with Crippen LogP contribution in [0.3, 0.4) is 0 Å². The predicted octanol–water partition coefficient (Wildman–Crippen LogP) is 3.06. The molecule has 0 saturated heterocycles. The number of carbonyl (C=O) groups excluding carboxylic acids is 1. The smallest absolute Gasteiger partial charge is 0.273 e. The van der Waals surface area contributed by atoms with E-state index in [0.717, 1.165) is 35.3 Å². The first kappa shape index (κ1) is 17.0. The zero-order chi connectivity index (χ0) is 18.6. The Morgan fingerprint density at radius 3 is 2.93 bits per heavy atom. The number of fused-ring (bicyclic) bond motifs is 1. The van der Waals surface area contributed by atoms with Crippen molar-refractivity contribution in [1.82, 2.24) is 25.1 Å². The molecular weight excluding hydrogens is 342 g/mol. The van der Waals surface area contributed by atoms with Gasteiger partial charge in [-0.2, -0.15) is 5.10 Å². The van der Waals surface area contributed by atoms with E-state index in [1.54, 1.807) is 10.6 Å².